The average Bonchev–Trinajstić information content (AvgIpc) is 3.10. The Morgan fingerprint density at radius 3 is 1.09 bits per heavy atom. The van der Waals surface area contributed by atoms with E-state index in [-0.39, 0.29) is 5.75 Å². The Bertz CT molecular complexity index is 2810. The maximum absolute atomic E-state index is 14.1. The molecule has 0 radical (unpaired) electrons. The minimum atomic E-state index is -5.99. The molecule has 6 rings (SSSR count). The van der Waals surface area contributed by atoms with Crippen molar-refractivity contribution >= 4 is 42.4 Å². The molecule has 6 aromatic rings. The van der Waals surface area contributed by atoms with Crippen LogP contribution in [-0.4, -0.2) is 13.9 Å². The van der Waals surface area contributed by atoms with Crippen molar-refractivity contribution in [2.24, 2.45) is 0 Å². The molecule has 0 spiro atoms. The second kappa shape index (κ2) is 13.1. The summed E-state index contributed by atoms with van der Waals surface area (Å²) in [6.45, 7) is 35.3. The Labute approximate surface area is 325 Å². The zero-order valence-corrected chi connectivity index (χ0v) is 36.2. The van der Waals surface area contributed by atoms with Crippen LogP contribution in [-0.2, 0) is 10.1 Å². The fraction of sp³-hybridized carbons (Fsp3) is 0.375. The number of hydrogen-bond donors (Lipinski definition) is 0. The van der Waals surface area contributed by atoms with Crippen molar-refractivity contribution in [2.75, 3.05) is 0 Å². The van der Waals surface area contributed by atoms with Gasteiger partial charge >= 0.3 is 15.6 Å². The normalized spacial score (nSPS) is 12.5. The largest absolute Gasteiger partial charge is 0.534 e. The number of fused-ring (bicyclic) bond motifs is 5. The summed E-state index contributed by atoms with van der Waals surface area (Å²) in [6.07, 6.45) is 0. The van der Waals surface area contributed by atoms with E-state index in [1.807, 2.05) is 20.8 Å². The van der Waals surface area contributed by atoms with Gasteiger partial charge in [0.15, 0.2) is 5.75 Å². The maximum atomic E-state index is 14.1. The van der Waals surface area contributed by atoms with Gasteiger partial charge in [-0.2, -0.15) is 21.6 Å². The molecule has 0 saturated carbocycles. The van der Waals surface area contributed by atoms with Gasteiger partial charge in [-0.05, 0) is 261 Å². The molecule has 0 N–H and O–H groups in total. The SMILES string of the molecule is Cc1cc2c(-c3c(C)c(C)c(C)c(C)c3C)c(C)c3c4c(C)c(C)c(C)cc4c(-c4c(C)c(C)c(C)c(C)c4OS(=O)(=O)C(F)(F)F)c(C)c3c2c(C)c1C. The number of alkyl halides is 3. The fourth-order valence-electron chi connectivity index (χ4n) is 9.22. The molecular weight excluding hydrogens is 714 g/mol. The highest BCUT2D eigenvalue weighted by molar-refractivity contribution is 7.88. The summed E-state index contributed by atoms with van der Waals surface area (Å²) in [5, 5.41) is 6.19. The van der Waals surface area contributed by atoms with Crippen LogP contribution in [0.25, 0.3) is 54.6 Å². The van der Waals surface area contributed by atoms with E-state index in [2.05, 4.69) is 95.2 Å². The zero-order chi connectivity index (χ0) is 41.3. The average molecular weight is 767 g/mol. The first kappa shape index (κ1) is 40.3. The second-order valence-electron chi connectivity index (χ2n) is 16.2. The van der Waals surface area contributed by atoms with Gasteiger partial charge in [-0.25, -0.2) is 0 Å². The summed E-state index contributed by atoms with van der Waals surface area (Å²) < 4.78 is 73.2. The Morgan fingerprint density at radius 1 is 0.382 bits per heavy atom. The van der Waals surface area contributed by atoms with Crippen molar-refractivity contribution in [1.82, 2.24) is 0 Å². The maximum Gasteiger partial charge on any atom is 0.534 e. The van der Waals surface area contributed by atoms with Gasteiger partial charge in [0.05, 0.1) is 0 Å². The zero-order valence-electron chi connectivity index (χ0n) is 35.4. The van der Waals surface area contributed by atoms with Crippen LogP contribution in [0.15, 0.2) is 12.1 Å². The van der Waals surface area contributed by atoms with Gasteiger partial charge in [0, 0.05) is 5.56 Å². The number of hydrogen-bond acceptors (Lipinski definition) is 3. The predicted octanol–water partition coefficient (Wildman–Crippen LogP) is 14.0. The smallest absolute Gasteiger partial charge is 0.375 e. The van der Waals surface area contributed by atoms with Gasteiger partial charge in [0.2, 0.25) is 0 Å². The number of halogens is 3. The molecule has 290 valence electrons. The van der Waals surface area contributed by atoms with Crippen LogP contribution in [0, 0.1) is 118 Å². The lowest BCUT2D eigenvalue weighted by Crippen LogP contribution is -2.28. The van der Waals surface area contributed by atoms with E-state index in [4.69, 9.17) is 4.18 Å². The second-order valence-corrected chi connectivity index (χ2v) is 17.7. The van der Waals surface area contributed by atoms with Gasteiger partial charge < -0.3 is 4.18 Å². The number of benzene rings is 6. The van der Waals surface area contributed by atoms with Crippen molar-refractivity contribution in [3.8, 4) is 28.0 Å². The highest BCUT2D eigenvalue weighted by Gasteiger charge is 2.49. The summed E-state index contributed by atoms with van der Waals surface area (Å²) in [6, 6.07) is 4.42. The van der Waals surface area contributed by atoms with Crippen LogP contribution in [0.1, 0.15) is 94.6 Å². The molecule has 7 heteroatoms. The molecule has 0 fully saturated rings. The van der Waals surface area contributed by atoms with E-state index < -0.39 is 15.6 Å². The summed E-state index contributed by atoms with van der Waals surface area (Å²) in [5.74, 6) is -0.282. The van der Waals surface area contributed by atoms with Gasteiger partial charge in [-0.15, -0.1) is 0 Å². The lowest BCUT2D eigenvalue weighted by atomic mass is 9.75. The van der Waals surface area contributed by atoms with Crippen LogP contribution >= 0.6 is 0 Å². The molecule has 0 aromatic heterocycles. The van der Waals surface area contributed by atoms with E-state index >= 15 is 0 Å². The first-order valence-electron chi connectivity index (χ1n) is 18.9. The van der Waals surface area contributed by atoms with Crippen LogP contribution in [0.4, 0.5) is 13.2 Å². The van der Waals surface area contributed by atoms with Crippen LogP contribution in [0.5, 0.6) is 5.75 Å². The Balaban J connectivity index is 2.03. The van der Waals surface area contributed by atoms with E-state index in [0.717, 1.165) is 71.3 Å². The molecule has 0 heterocycles. The third-order valence-corrected chi connectivity index (χ3v) is 14.7. The van der Waals surface area contributed by atoms with E-state index in [1.54, 1.807) is 13.8 Å². The Kier molecular flexibility index (Phi) is 9.61. The lowest BCUT2D eigenvalue weighted by Gasteiger charge is -2.29. The molecule has 0 saturated heterocycles. The van der Waals surface area contributed by atoms with Crippen molar-refractivity contribution in [3.63, 3.8) is 0 Å². The molecular formula is C48H53F3O3S. The minimum Gasteiger partial charge on any atom is -0.375 e. The van der Waals surface area contributed by atoms with E-state index in [1.165, 1.54) is 50.1 Å². The fourth-order valence-corrected chi connectivity index (χ4v) is 9.74. The Hall–Kier alpha value is -4.36. The first-order chi connectivity index (χ1) is 25.3. The first-order valence-corrected chi connectivity index (χ1v) is 20.3. The van der Waals surface area contributed by atoms with Crippen LogP contribution in [0.3, 0.4) is 0 Å². The third kappa shape index (κ3) is 5.62. The number of aryl methyl sites for hydroxylation is 6. The molecule has 0 atom stereocenters. The van der Waals surface area contributed by atoms with Gasteiger partial charge in [0.25, 0.3) is 0 Å². The van der Waals surface area contributed by atoms with Crippen molar-refractivity contribution < 1.29 is 25.8 Å². The van der Waals surface area contributed by atoms with E-state index in [0.29, 0.717) is 27.8 Å². The lowest BCUT2D eigenvalue weighted by molar-refractivity contribution is -0.0500. The van der Waals surface area contributed by atoms with Crippen molar-refractivity contribution in [3.05, 3.63) is 107 Å². The van der Waals surface area contributed by atoms with E-state index in [9.17, 15) is 21.6 Å². The highest BCUT2D eigenvalue weighted by Crippen LogP contribution is 2.53. The monoisotopic (exact) mass is 766 g/mol. The summed E-state index contributed by atoms with van der Waals surface area (Å²) in [4.78, 5) is 0. The topological polar surface area (TPSA) is 43.4 Å². The molecule has 0 bridgehead atoms. The molecule has 3 nitrogen and oxygen atoms in total. The van der Waals surface area contributed by atoms with Gasteiger partial charge in [-0.3, -0.25) is 0 Å². The molecule has 0 unspecified atom stereocenters. The summed E-state index contributed by atoms with van der Waals surface area (Å²) in [5.41, 5.74) is 15.5. The van der Waals surface area contributed by atoms with Gasteiger partial charge in [-0.1, -0.05) is 12.1 Å². The highest BCUT2D eigenvalue weighted by atomic mass is 32.2. The molecule has 0 aliphatic rings. The van der Waals surface area contributed by atoms with Crippen molar-refractivity contribution in [1.29, 1.82) is 0 Å². The van der Waals surface area contributed by atoms with Crippen LogP contribution in [0.2, 0.25) is 0 Å². The summed E-state index contributed by atoms with van der Waals surface area (Å²) in [7, 11) is -5.99. The molecule has 0 amide bonds. The van der Waals surface area contributed by atoms with Crippen molar-refractivity contribution in [2.45, 2.75) is 123 Å². The quantitative estimate of drug-likeness (QED) is 0.102. The third-order valence-electron chi connectivity index (χ3n) is 13.7. The van der Waals surface area contributed by atoms with Crippen LogP contribution < -0.4 is 4.18 Å². The predicted molar refractivity (Wildman–Crippen MR) is 226 cm³/mol. The molecule has 0 aliphatic carbocycles. The van der Waals surface area contributed by atoms with Gasteiger partial charge in [0.1, 0.15) is 0 Å². The summed E-state index contributed by atoms with van der Waals surface area (Å²) >= 11 is 0. The standard InChI is InChI=1S/C48H53F3O3S/c1-20-18-37-40(29(10)22(20)3)45-36(17)43(46-33(14)27(8)28(9)34(15)47(46)54-55(52,53)48(49,50)51)38-19-21(2)23(4)30(11)41(38)44(45)35(16)42(37)39-31(12)25(6)24(5)26(7)32(39)13/h18-19H,1-17H3. The molecule has 6 aromatic carbocycles. The number of rotatable bonds is 4. The molecule has 55 heavy (non-hydrogen) atoms. The molecule has 0 aliphatic heterocycles. The minimum absolute atomic E-state index is 0.282. The Morgan fingerprint density at radius 2 is 0.709 bits per heavy atom.